The van der Waals surface area contributed by atoms with E-state index in [0.717, 1.165) is 0 Å². The van der Waals surface area contributed by atoms with Gasteiger partial charge in [-0.15, -0.1) is 0 Å². The van der Waals surface area contributed by atoms with Gasteiger partial charge in [-0.1, -0.05) is 6.92 Å². The number of nitrogens with one attached hydrogen (secondary N) is 1. The van der Waals surface area contributed by atoms with E-state index in [1.165, 1.54) is 33.2 Å². The minimum atomic E-state index is -3.63. The van der Waals surface area contributed by atoms with Crippen LogP contribution in [-0.2, 0) is 11.3 Å². The van der Waals surface area contributed by atoms with Crippen LogP contribution in [0.25, 0.3) is 0 Å². The van der Waals surface area contributed by atoms with Crippen molar-refractivity contribution >= 4 is 17.6 Å². The molecule has 0 aromatic carbocycles. The van der Waals surface area contributed by atoms with Crippen molar-refractivity contribution in [3.8, 4) is 5.88 Å². The molecule has 0 bridgehead atoms. The zero-order valence-electron chi connectivity index (χ0n) is 20.2. The summed E-state index contributed by atoms with van der Waals surface area (Å²) in [5.74, 6) is -4.42. The minimum absolute atomic E-state index is 0.0409. The van der Waals surface area contributed by atoms with Crippen LogP contribution in [0.3, 0.4) is 0 Å². The molecule has 35 heavy (non-hydrogen) atoms. The van der Waals surface area contributed by atoms with Gasteiger partial charge in [0, 0.05) is 29.1 Å². The molecule has 0 saturated heterocycles. The normalized spacial score (nSPS) is 15.6. The third-order valence-corrected chi connectivity index (χ3v) is 5.88. The van der Waals surface area contributed by atoms with E-state index in [2.05, 4.69) is 15.3 Å². The highest BCUT2D eigenvalue weighted by Crippen LogP contribution is 2.35. The van der Waals surface area contributed by atoms with Crippen molar-refractivity contribution in [1.82, 2.24) is 14.9 Å². The summed E-state index contributed by atoms with van der Waals surface area (Å²) in [6.07, 6.45) is 0.185. The fraction of sp³-hybridized carbons (Fsp3) is 0.500. The van der Waals surface area contributed by atoms with Crippen LogP contribution < -0.4 is 10.1 Å². The van der Waals surface area contributed by atoms with Gasteiger partial charge in [-0.2, -0.15) is 8.78 Å². The topological polar surface area (TPSA) is 105 Å². The van der Waals surface area contributed by atoms with Crippen LogP contribution in [0, 0.1) is 6.92 Å². The number of carbonyl (C=O) groups is 2. The van der Waals surface area contributed by atoms with Crippen LogP contribution in [0.15, 0.2) is 24.5 Å². The number of aryl methyl sites for hydroxylation is 1. The van der Waals surface area contributed by atoms with Gasteiger partial charge in [-0.25, -0.2) is 14.4 Å². The summed E-state index contributed by atoms with van der Waals surface area (Å²) < 4.78 is 46.1. The lowest BCUT2D eigenvalue weighted by Crippen LogP contribution is -2.37. The van der Waals surface area contributed by atoms with Crippen LogP contribution >= 0.6 is 0 Å². The number of amides is 2. The first-order valence-electron chi connectivity index (χ1n) is 11.2. The number of rotatable bonds is 9. The highest BCUT2D eigenvalue weighted by molar-refractivity contribution is 6.02. The quantitative estimate of drug-likeness (QED) is 0.547. The zero-order chi connectivity index (χ0) is 26.1. The van der Waals surface area contributed by atoms with Crippen LogP contribution in [0.2, 0.25) is 0 Å². The first kappa shape index (κ1) is 26.4. The maximum atomic E-state index is 13.8. The Morgan fingerprint density at radius 3 is 2.63 bits per heavy atom. The van der Waals surface area contributed by atoms with E-state index in [1.807, 2.05) is 0 Å². The summed E-state index contributed by atoms with van der Waals surface area (Å²) >= 11 is 0. The molecule has 2 unspecified atom stereocenters. The molecule has 0 aliphatic carbocycles. The number of pyridine rings is 2. The van der Waals surface area contributed by atoms with Crippen molar-refractivity contribution in [3.05, 3.63) is 46.8 Å². The Kier molecular flexibility index (Phi) is 7.39. The molecule has 3 rings (SSSR count). The first-order valence-corrected chi connectivity index (χ1v) is 11.2. The SMILES string of the molecule is CCC(F)C(F)(F)COc1ncc(C(C)N2Cc3c(ccnc3NC(=O)C(C)(C)O)C2=O)cc1C. The second kappa shape index (κ2) is 9.80. The van der Waals surface area contributed by atoms with E-state index in [1.54, 1.807) is 30.9 Å². The Morgan fingerprint density at radius 2 is 2.03 bits per heavy atom. The zero-order valence-corrected chi connectivity index (χ0v) is 20.2. The maximum Gasteiger partial charge on any atom is 0.311 e. The number of fused-ring (bicyclic) bond motifs is 1. The molecule has 0 spiro atoms. The summed E-state index contributed by atoms with van der Waals surface area (Å²) in [5.41, 5.74) is 0.362. The van der Waals surface area contributed by atoms with E-state index < -0.39 is 36.3 Å². The van der Waals surface area contributed by atoms with Crippen LogP contribution in [0.4, 0.5) is 19.0 Å². The lowest BCUT2D eigenvalue weighted by molar-refractivity contribution is -0.130. The Labute approximate surface area is 201 Å². The summed E-state index contributed by atoms with van der Waals surface area (Å²) in [6.45, 7) is 6.45. The standard InChI is InChI=1S/C24H29F3N4O4/c1-6-18(25)24(26,27)12-35-20-13(2)9-15(10-29-20)14(3)31-11-17-16(21(31)32)7-8-28-19(17)30-22(33)23(4,5)34/h7-10,14,18,34H,6,11-12H2,1-5H3,(H,28,30,33). The highest BCUT2D eigenvalue weighted by Gasteiger charge is 2.40. The molecule has 8 nitrogen and oxygen atoms in total. The van der Waals surface area contributed by atoms with Crippen molar-refractivity contribution in [1.29, 1.82) is 0 Å². The number of aliphatic hydroxyl groups is 1. The molecule has 2 aromatic rings. The Hall–Kier alpha value is -3.21. The van der Waals surface area contributed by atoms with Gasteiger partial charge in [-0.3, -0.25) is 9.59 Å². The average Bonchev–Trinajstić information content (AvgIpc) is 3.13. The molecule has 2 aromatic heterocycles. The number of halogens is 3. The van der Waals surface area contributed by atoms with Crippen molar-refractivity contribution in [3.63, 3.8) is 0 Å². The third kappa shape index (κ3) is 5.55. The molecule has 0 fully saturated rings. The molecule has 1 aliphatic rings. The second-order valence-electron chi connectivity index (χ2n) is 9.12. The monoisotopic (exact) mass is 494 g/mol. The fourth-order valence-electron chi connectivity index (χ4n) is 3.63. The molecular formula is C24H29F3N4O4. The summed E-state index contributed by atoms with van der Waals surface area (Å²) in [5, 5.41) is 12.5. The van der Waals surface area contributed by atoms with Crippen LogP contribution in [0.1, 0.15) is 67.2 Å². The Bertz CT molecular complexity index is 1120. The smallest absolute Gasteiger partial charge is 0.311 e. The van der Waals surface area contributed by atoms with E-state index in [9.17, 15) is 27.9 Å². The highest BCUT2D eigenvalue weighted by atomic mass is 19.3. The number of aromatic nitrogens is 2. The molecule has 0 radical (unpaired) electrons. The number of alkyl halides is 3. The third-order valence-electron chi connectivity index (χ3n) is 5.88. The van der Waals surface area contributed by atoms with E-state index in [0.29, 0.717) is 22.3 Å². The number of anilines is 1. The second-order valence-corrected chi connectivity index (χ2v) is 9.12. The molecule has 2 N–H and O–H groups in total. The van der Waals surface area contributed by atoms with Gasteiger partial charge in [0.05, 0.1) is 12.6 Å². The van der Waals surface area contributed by atoms with Gasteiger partial charge in [0.15, 0.2) is 12.8 Å². The van der Waals surface area contributed by atoms with Crippen molar-refractivity contribution in [2.45, 2.75) is 71.3 Å². The molecule has 0 saturated carbocycles. The predicted molar refractivity (Wildman–Crippen MR) is 122 cm³/mol. The van der Waals surface area contributed by atoms with Crippen LogP contribution in [-0.4, -0.2) is 56.1 Å². The molecule has 190 valence electrons. The lowest BCUT2D eigenvalue weighted by Gasteiger charge is -2.25. The fourth-order valence-corrected chi connectivity index (χ4v) is 3.63. The van der Waals surface area contributed by atoms with E-state index in [-0.39, 0.29) is 30.6 Å². The van der Waals surface area contributed by atoms with Gasteiger partial charge in [0.2, 0.25) is 5.88 Å². The maximum absolute atomic E-state index is 13.8. The first-order chi connectivity index (χ1) is 16.3. The molecule has 3 heterocycles. The minimum Gasteiger partial charge on any atom is -0.471 e. The van der Waals surface area contributed by atoms with E-state index >= 15 is 0 Å². The van der Waals surface area contributed by atoms with Gasteiger partial charge in [0.25, 0.3) is 11.8 Å². The lowest BCUT2D eigenvalue weighted by atomic mass is 10.1. The summed E-state index contributed by atoms with van der Waals surface area (Å²) in [6, 6.07) is 2.77. The number of ether oxygens (including phenoxy) is 1. The molecule has 2 amide bonds. The van der Waals surface area contributed by atoms with Gasteiger partial charge in [-0.05, 0) is 51.8 Å². The van der Waals surface area contributed by atoms with Crippen molar-refractivity contribution < 1.29 is 32.6 Å². The predicted octanol–water partition coefficient (Wildman–Crippen LogP) is 3.97. The Balaban J connectivity index is 1.76. The molecular weight excluding hydrogens is 465 g/mol. The number of hydrogen-bond acceptors (Lipinski definition) is 6. The molecule has 11 heteroatoms. The van der Waals surface area contributed by atoms with Gasteiger partial charge < -0.3 is 20.1 Å². The summed E-state index contributed by atoms with van der Waals surface area (Å²) in [4.78, 5) is 35.1. The van der Waals surface area contributed by atoms with Gasteiger partial charge in [0.1, 0.15) is 11.4 Å². The van der Waals surface area contributed by atoms with Crippen molar-refractivity contribution in [2.24, 2.45) is 0 Å². The number of nitrogens with zero attached hydrogens (tertiary/aromatic N) is 3. The number of hydrogen-bond donors (Lipinski definition) is 2. The number of carbonyl (C=O) groups excluding carboxylic acids is 2. The van der Waals surface area contributed by atoms with Crippen LogP contribution in [0.5, 0.6) is 5.88 Å². The molecule has 1 aliphatic heterocycles. The molecule has 2 atom stereocenters. The summed E-state index contributed by atoms with van der Waals surface area (Å²) in [7, 11) is 0. The van der Waals surface area contributed by atoms with Crippen molar-refractivity contribution in [2.75, 3.05) is 11.9 Å². The van der Waals surface area contributed by atoms with E-state index in [4.69, 9.17) is 4.74 Å². The van der Waals surface area contributed by atoms with Gasteiger partial charge >= 0.3 is 5.92 Å². The Morgan fingerprint density at radius 1 is 1.34 bits per heavy atom. The average molecular weight is 495 g/mol. The largest absolute Gasteiger partial charge is 0.471 e.